The average molecular weight is 316 g/mol. The van der Waals surface area contributed by atoms with Crippen molar-refractivity contribution < 1.29 is 21.6 Å². The van der Waals surface area contributed by atoms with Crippen molar-refractivity contribution in [2.24, 2.45) is 0 Å². The number of hydrogen-bond acceptors (Lipinski definition) is 4. The highest BCUT2D eigenvalue weighted by molar-refractivity contribution is 7.89. The standard InChI is InChI=1S/C10H15F3N2O2S2/c1-14-6-8-5-9(7-18-8)19(16,17)15(2)4-3-10(11,12)13/h5,7,14H,3-4,6H2,1-2H3. The Hall–Kier alpha value is -0.640. The van der Waals surface area contributed by atoms with Crippen LogP contribution in [0.15, 0.2) is 16.3 Å². The van der Waals surface area contributed by atoms with E-state index in [0.29, 0.717) is 6.54 Å². The molecule has 9 heteroatoms. The molecular formula is C10H15F3N2O2S2. The third kappa shape index (κ3) is 4.75. The van der Waals surface area contributed by atoms with Gasteiger partial charge in [0.05, 0.1) is 11.3 Å². The van der Waals surface area contributed by atoms with Crippen LogP contribution in [0.5, 0.6) is 0 Å². The second kappa shape index (κ2) is 6.21. The third-order valence-electron chi connectivity index (χ3n) is 2.40. The Morgan fingerprint density at radius 3 is 2.58 bits per heavy atom. The Bertz CT molecular complexity index is 511. The molecule has 0 radical (unpaired) electrons. The number of nitrogens with one attached hydrogen (secondary N) is 1. The number of hydrogen-bond donors (Lipinski definition) is 1. The lowest BCUT2D eigenvalue weighted by Gasteiger charge is -2.17. The van der Waals surface area contributed by atoms with Crippen LogP contribution >= 0.6 is 11.3 Å². The molecule has 0 bridgehead atoms. The maximum Gasteiger partial charge on any atom is 0.390 e. The molecule has 0 aliphatic carbocycles. The van der Waals surface area contributed by atoms with Crippen molar-refractivity contribution in [1.82, 2.24) is 9.62 Å². The van der Waals surface area contributed by atoms with Gasteiger partial charge in [0.1, 0.15) is 0 Å². The van der Waals surface area contributed by atoms with E-state index in [9.17, 15) is 21.6 Å². The number of halogens is 3. The summed E-state index contributed by atoms with van der Waals surface area (Å²) in [7, 11) is -0.968. The first-order chi connectivity index (χ1) is 8.66. The Morgan fingerprint density at radius 1 is 1.42 bits per heavy atom. The van der Waals surface area contributed by atoms with E-state index in [0.717, 1.165) is 16.2 Å². The first-order valence-corrected chi connectivity index (χ1v) is 7.74. The molecule has 0 aliphatic rings. The smallest absolute Gasteiger partial charge is 0.315 e. The molecule has 0 saturated carbocycles. The van der Waals surface area contributed by atoms with E-state index >= 15 is 0 Å². The number of sulfonamides is 1. The predicted molar refractivity (Wildman–Crippen MR) is 67.6 cm³/mol. The summed E-state index contributed by atoms with van der Waals surface area (Å²) in [6.07, 6.45) is -5.52. The fourth-order valence-electron chi connectivity index (χ4n) is 1.35. The molecule has 19 heavy (non-hydrogen) atoms. The molecule has 4 nitrogen and oxygen atoms in total. The zero-order valence-corrected chi connectivity index (χ0v) is 12.1. The third-order valence-corrected chi connectivity index (χ3v) is 5.32. The fraction of sp³-hybridized carbons (Fsp3) is 0.600. The summed E-state index contributed by atoms with van der Waals surface area (Å²) >= 11 is 1.25. The van der Waals surface area contributed by atoms with Crippen LogP contribution in [0.2, 0.25) is 0 Å². The highest BCUT2D eigenvalue weighted by Crippen LogP contribution is 2.24. The van der Waals surface area contributed by atoms with Crippen molar-refractivity contribution in [2.45, 2.75) is 24.0 Å². The quantitative estimate of drug-likeness (QED) is 0.874. The Labute approximate surface area is 114 Å². The number of thiophene rings is 1. The fourth-order valence-corrected chi connectivity index (χ4v) is 3.79. The van der Waals surface area contributed by atoms with Crippen LogP contribution in [0.25, 0.3) is 0 Å². The highest BCUT2D eigenvalue weighted by atomic mass is 32.2. The summed E-state index contributed by atoms with van der Waals surface area (Å²) in [6, 6.07) is 1.47. The van der Waals surface area contributed by atoms with E-state index in [4.69, 9.17) is 0 Å². The van der Waals surface area contributed by atoms with Crippen LogP contribution in [0.3, 0.4) is 0 Å². The summed E-state index contributed by atoms with van der Waals surface area (Å²) in [6.45, 7) is -0.0600. The summed E-state index contributed by atoms with van der Waals surface area (Å²) in [4.78, 5) is 0.845. The van der Waals surface area contributed by atoms with E-state index in [1.54, 1.807) is 7.05 Å². The maximum absolute atomic E-state index is 12.1. The van der Waals surface area contributed by atoms with Gasteiger partial charge in [0.2, 0.25) is 10.0 Å². The van der Waals surface area contributed by atoms with E-state index in [1.165, 1.54) is 22.8 Å². The number of alkyl halides is 3. The van der Waals surface area contributed by atoms with Gasteiger partial charge in [-0.1, -0.05) is 0 Å². The van der Waals surface area contributed by atoms with Gasteiger partial charge in [0.25, 0.3) is 0 Å². The van der Waals surface area contributed by atoms with Gasteiger partial charge in [-0.2, -0.15) is 13.2 Å². The molecule has 1 N–H and O–H groups in total. The van der Waals surface area contributed by atoms with Crippen LogP contribution in [0.1, 0.15) is 11.3 Å². The van der Waals surface area contributed by atoms with Crippen molar-refractivity contribution in [3.05, 3.63) is 16.3 Å². The SMILES string of the molecule is CNCc1cc(S(=O)(=O)N(C)CCC(F)(F)F)cs1. The van der Waals surface area contributed by atoms with Gasteiger partial charge in [0, 0.05) is 30.4 Å². The van der Waals surface area contributed by atoms with Crippen molar-refractivity contribution in [2.75, 3.05) is 20.6 Å². The number of rotatable bonds is 6. The lowest BCUT2D eigenvalue weighted by atomic mass is 10.4. The van der Waals surface area contributed by atoms with Gasteiger partial charge in [-0.05, 0) is 13.1 Å². The summed E-state index contributed by atoms with van der Waals surface area (Å²) in [5.74, 6) is 0. The Kier molecular flexibility index (Phi) is 5.36. The summed E-state index contributed by atoms with van der Waals surface area (Å²) in [5.41, 5.74) is 0. The van der Waals surface area contributed by atoms with Crippen LogP contribution in [-0.2, 0) is 16.6 Å². The molecule has 1 aromatic heterocycles. The Balaban J connectivity index is 2.78. The first kappa shape index (κ1) is 16.4. The average Bonchev–Trinajstić information content (AvgIpc) is 2.74. The van der Waals surface area contributed by atoms with Crippen molar-refractivity contribution in [1.29, 1.82) is 0 Å². The van der Waals surface area contributed by atoms with Gasteiger partial charge in [-0.15, -0.1) is 11.3 Å². The van der Waals surface area contributed by atoms with E-state index in [-0.39, 0.29) is 4.90 Å². The molecule has 0 fully saturated rings. The molecule has 0 atom stereocenters. The summed E-state index contributed by atoms with van der Waals surface area (Å²) in [5, 5.41) is 4.31. The molecule has 1 heterocycles. The molecule has 1 aromatic rings. The van der Waals surface area contributed by atoms with Crippen molar-refractivity contribution >= 4 is 21.4 Å². The topological polar surface area (TPSA) is 49.4 Å². The molecular weight excluding hydrogens is 301 g/mol. The van der Waals surface area contributed by atoms with Crippen LogP contribution in [0.4, 0.5) is 13.2 Å². The Morgan fingerprint density at radius 2 is 2.05 bits per heavy atom. The predicted octanol–water partition coefficient (Wildman–Crippen LogP) is 2.04. The lowest BCUT2D eigenvalue weighted by molar-refractivity contribution is -0.135. The van der Waals surface area contributed by atoms with Crippen LogP contribution in [0, 0.1) is 0 Å². The highest BCUT2D eigenvalue weighted by Gasteiger charge is 2.30. The molecule has 110 valence electrons. The molecule has 0 saturated heterocycles. The molecule has 0 amide bonds. The first-order valence-electron chi connectivity index (χ1n) is 5.42. The normalized spacial score (nSPS) is 13.2. The van der Waals surface area contributed by atoms with Crippen LogP contribution in [-0.4, -0.2) is 39.5 Å². The minimum atomic E-state index is -4.37. The lowest BCUT2D eigenvalue weighted by Crippen LogP contribution is -2.30. The number of nitrogens with zero attached hydrogens (tertiary/aromatic N) is 1. The van der Waals surface area contributed by atoms with E-state index in [2.05, 4.69) is 5.32 Å². The zero-order chi connectivity index (χ0) is 14.7. The maximum atomic E-state index is 12.1. The molecule has 1 rings (SSSR count). The van der Waals surface area contributed by atoms with E-state index < -0.39 is 29.2 Å². The monoisotopic (exact) mass is 316 g/mol. The zero-order valence-electron chi connectivity index (χ0n) is 10.5. The minimum Gasteiger partial charge on any atom is -0.315 e. The van der Waals surface area contributed by atoms with Crippen LogP contribution < -0.4 is 5.32 Å². The largest absolute Gasteiger partial charge is 0.390 e. The molecule has 0 aromatic carbocycles. The van der Waals surface area contributed by atoms with Gasteiger partial charge >= 0.3 is 6.18 Å². The molecule has 0 aliphatic heterocycles. The second-order valence-electron chi connectivity index (χ2n) is 3.97. The molecule has 0 unspecified atom stereocenters. The van der Waals surface area contributed by atoms with Crippen molar-refractivity contribution in [3.8, 4) is 0 Å². The summed E-state index contributed by atoms with van der Waals surface area (Å²) < 4.78 is 61.0. The van der Waals surface area contributed by atoms with Gasteiger partial charge in [-0.25, -0.2) is 12.7 Å². The van der Waals surface area contributed by atoms with E-state index in [1.807, 2.05) is 0 Å². The van der Waals surface area contributed by atoms with Gasteiger partial charge < -0.3 is 5.32 Å². The minimum absolute atomic E-state index is 0.0347. The van der Waals surface area contributed by atoms with Gasteiger partial charge in [0.15, 0.2) is 0 Å². The molecule has 0 spiro atoms. The van der Waals surface area contributed by atoms with Gasteiger partial charge in [-0.3, -0.25) is 0 Å². The second-order valence-corrected chi connectivity index (χ2v) is 7.01. The van der Waals surface area contributed by atoms with Crippen molar-refractivity contribution in [3.63, 3.8) is 0 Å².